The Labute approximate surface area is 205 Å². The van der Waals surface area contributed by atoms with Crippen LogP contribution in [0.15, 0.2) is 90.1 Å². The minimum Gasteiger partial charge on any atom is -0.339 e. The average molecular weight is 471 g/mol. The molecule has 7 aromatic rings. The van der Waals surface area contributed by atoms with Gasteiger partial charge in [0.25, 0.3) is 5.56 Å². The van der Waals surface area contributed by atoms with Crippen LogP contribution in [0.25, 0.3) is 43.6 Å². The predicted octanol–water partition coefficient (Wildman–Crippen LogP) is 4.95. The van der Waals surface area contributed by atoms with Crippen LogP contribution in [0.4, 0.5) is 0 Å². The van der Waals surface area contributed by atoms with Crippen molar-refractivity contribution in [3.63, 3.8) is 0 Å². The van der Waals surface area contributed by atoms with Crippen LogP contribution in [0, 0.1) is 0 Å². The molecule has 1 N–H and O–H groups in total. The van der Waals surface area contributed by atoms with Gasteiger partial charge in [-0.05, 0) is 47.4 Å². The number of pyridine rings is 1. The number of rotatable bonds is 4. The van der Waals surface area contributed by atoms with Crippen LogP contribution < -0.4 is 5.56 Å². The molecule has 0 spiro atoms. The van der Waals surface area contributed by atoms with Gasteiger partial charge in [0.15, 0.2) is 0 Å². The van der Waals surface area contributed by atoms with Gasteiger partial charge in [0.05, 0.1) is 30.0 Å². The molecule has 174 valence electrons. The smallest absolute Gasteiger partial charge is 0.291 e. The first-order valence-electron chi connectivity index (χ1n) is 11.9. The number of nitrogens with zero attached hydrogens (tertiary/aromatic N) is 5. The Morgan fingerprint density at radius 3 is 2.72 bits per heavy atom. The standard InChI is InChI=1S/C29H22N6O/c1-34-27-14-18(13-19-11-12-30-25-7-3-2-6-21(19)25)9-10-22(27)24-16-32-35(29(36)28(24)34)17-20-5-4-8-26-23(20)15-31-33-26/h2-12,14-16H,13,17H2,1H3,(H,31,33). The zero-order chi connectivity index (χ0) is 24.2. The fourth-order valence-corrected chi connectivity index (χ4v) is 5.28. The monoisotopic (exact) mass is 470 g/mol. The maximum absolute atomic E-state index is 13.6. The molecule has 7 heteroatoms. The highest BCUT2D eigenvalue weighted by molar-refractivity contribution is 6.07. The third kappa shape index (κ3) is 3.13. The van der Waals surface area contributed by atoms with Crippen molar-refractivity contribution in [3.8, 4) is 0 Å². The molecule has 3 aromatic carbocycles. The fourth-order valence-electron chi connectivity index (χ4n) is 5.28. The second kappa shape index (κ2) is 7.88. The van der Waals surface area contributed by atoms with E-state index in [1.54, 1.807) is 6.20 Å². The van der Waals surface area contributed by atoms with Gasteiger partial charge in [-0.15, -0.1) is 0 Å². The minimum absolute atomic E-state index is 0.103. The van der Waals surface area contributed by atoms with Crippen molar-refractivity contribution < 1.29 is 0 Å². The topological polar surface area (TPSA) is 81.4 Å². The van der Waals surface area contributed by atoms with E-state index in [9.17, 15) is 4.79 Å². The number of H-pyrrole nitrogens is 1. The Hall–Kier alpha value is -4.78. The molecule has 0 saturated heterocycles. The van der Waals surface area contributed by atoms with Crippen molar-refractivity contribution in [1.29, 1.82) is 0 Å². The number of hydrogen-bond acceptors (Lipinski definition) is 4. The first-order chi connectivity index (χ1) is 17.7. The first-order valence-corrected chi connectivity index (χ1v) is 11.9. The van der Waals surface area contributed by atoms with E-state index < -0.39 is 0 Å². The number of benzene rings is 3. The summed E-state index contributed by atoms with van der Waals surface area (Å²) in [7, 11) is 1.96. The third-order valence-electron chi connectivity index (χ3n) is 7.10. The Balaban J connectivity index is 1.32. The molecule has 4 aromatic heterocycles. The summed E-state index contributed by atoms with van der Waals surface area (Å²) in [6, 6.07) is 22.7. The molecule has 7 nitrogen and oxygen atoms in total. The molecule has 0 fully saturated rings. The van der Waals surface area contributed by atoms with Crippen molar-refractivity contribution in [2.75, 3.05) is 0 Å². The average Bonchev–Trinajstić information content (AvgIpc) is 3.50. The molecule has 0 saturated carbocycles. The van der Waals surface area contributed by atoms with Crippen molar-refractivity contribution in [1.82, 2.24) is 29.5 Å². The van der Waals surface area contributed by atoms with Gasteiger partial charge in [-0.3, -0.25) is 14.9 Å². The zero-order valence-corrected chi connectivity index (χ0v) is 19.6. The summed E-state index contributed by atoms with van der Waals surface area (Å²) < 4.78 is 3.53. The van der Waals surface area contributed by atoms with E-state index >= 15 is 0 Å². The van der Waals surface area contributed by atoms with Crippen molar-refractivity contribution >= 4 is 43.6 Å². The van der Waals surface area contributed by atoms with Crippen LogP contribution in [0.5, 0.6) is 0 Å². The van der Waals surface area contributed by atoms with Gasteiger partial charge >= 0.3 is 0 Å². The summed E-state index contributed by atoms with van der Waals surface area (Å²) in [5, 5.41) is 15.7. The highest BCUT2D eigenvalue weighted by Crippen LogP contribution is 2.28. The van der Waals surface area contributed by atoms with Gasteiger partial charge in [0, 0.05) is 40.3 Å². The lowest BCUT2D eigenvalue weighted by Crippen LogP contribution is -2.24. The number of para-hydroxylation sites is 1. The van der Waals surface area contributed by atoms with Gasteiger partial charge in [0.1, 0.15) is 5.52 Å². The number of aromatic amines is 1. The van der Waals surface area contributed by atoms with Gasteiger partial charge in [-0.2, -0.15) is 10.2 Å². The third-order valence-corrected chi connectivity index (χ3v) is 7.10. The van der Waals surface area contributed by atoms with Crippen LogP contribution in [0.1, 0.15) is 16.7 Å². The summed E-state index contributed by atoms with van der Waals surface area (Å²) in [6.45, 7) is 0.382. The van der Waals surface area contributed by atoms with Gasteiger partial charge < -0.3 is 4.57 Å². The lowest BCUT2D eigenvalue weighted by atomic mass is 10.0. The minimum atomic E-state index is -0.103. The highest BCUT2D eigenvalue weighted by atomic mass is 16.1. The van der Waals surface area contributed by atoms with Crippen LogP contribution in [-0.4, -0.2) is 29.5 Å². The van der Waals surface area contributed by atoms with Crippen molar-refractivity contribution in [2.24, 2.45) is 7.05 Å². The number of nitrogens with one attached hydrogen (secondary N) is 1. The molecule has 0 atom stereocenters. The van der Waals surface area contributed by atoms with E-state index in [0.29, 0.717) is 12.1 Å². The van der Waals surface area contributed by atoms with E-state index in [4.69, 9.17) is 0 Å². The maximum Gasteiger partial charge on any atom is 0.291 e. The molecule has 4 heterocycles. The van der Waals surface area contributed by atoms with Gasteiger partial charge in [-0.25, -0.2) is 4.68 Å². The molecule has 7 rings (SSSR count). The molecular formula is C29H22N6O. The molecule has 0 unspecified atom stereocenters. The summed E-state index contributed by atoms with van der Waals surface area (Å²) in [4.78, 5) is 18.1. The van der Waals surface area contributed by atoms with Crippen molar-refractivity contribution in [3.05, 3.63) is 112 Å². The second-order valence-corrected chi connectivity index (χ2v) is 9.19. The molecular weight excluding hydrogens is 448 g/mol. The Morgan fingerprint density at radius 1 is 0.861 bits per heavy atom. The number of hydrogen-bond donors (Lipinski definition) is 1. The molecule has 0 aliphatic carbocycles. The molecule has 0 amide bonds. The number of aryl methyl sites for hydroxylation is 1. The lowest BCUT2D eigenvalue weighted by Gasteiger charge is -2.07. The van der Waals surface area contributed by atoms with Gasteiger partial charge in [0.2, 0.25) is 0 Å². The predicted molar refractivity (Wildman–Crippen MR) is 142 cm³/mol. The van der Waals surface area contributed by atoms with E-state index in [-0.39, 0.29) is 5.56 Å². The molecule has 0 aliphatic heterocycles. The SMILES string of the molecule is Cn1c2cc(Cc3ccnc4ccccc34)ccc2c2cnn(Cc3cccc4[nH]ncc34)c(=O)c21. The Morgan fingerprint density at radius 2 is 1.78 bits per heavy atom. The summed E-state index contributed by atoms with van der Waals surface area (Å²) in [5.74, 6) is 0. The van der Waals surface area contributed by atoms with E-state index in [1.165, 1.54) is 15.8 Å². The fraction of sp³-hybridized carbons (Fsp3) is 0.103. The normalized spacial score (nSPS) is 11.8. The van der Waals surface area contributed by atoms with E-state index in [2.05, 4.69) is 50.6 Å². The van der Waals surface area contributed by atoms with Gasteiger partial charge in [-0.1, -0.05) is 42.5 Å². The maximum atomic E-state index is 13.6. The van der Waals surface area contributed by atoms with Crippen LogP contribution >= 0.6 is 0 Å². The second-order valence-electron chi connectivity index (χ2n) is 9.19. The first kappa shape index (κ1) is 20.6. The lowest BCUT2D eigenvalue weighted by molar-refractivity contribution is 0.647. The summed E-state index contributed by atoms with van der Waals surface area (Å²) >= 11 is 0. The Bertz CT molecular complexity index is 1990. The number of aromatic nitrogens is 6. The number of fused-ring (bicyclic) bond motifs is 5. The van der Waals surface area contributed by atoms with Crippen LogP contribution in [-0.2, 0) is 20.0 Å². The Kier molecular flexibility index (Phi) is 4.51. The molecule has 0 radical (unpaired) electrons. The molecule has 36 heavy (non-hydrogen) atoms. The quantitative estimate of drug-likeness (QED) is 0.395. The summed E-state index contributed by atoms with van der Waals surface area (Å²) in [5.41, 5.74) is 6.94. The highest BCUT2D eigenvalue weighted by Gasteiger charge is 2.16. The molecule has 0 aliphatic rings. The summed E-state index contributed by atoms with van der Waals surface area (Å²) in [6.07, 6.45) is 6.26. The van der Waals surface area contributed by atoms with Crippen LogP contribution in [0.3, 0.4) is 0 Å². The largest absolute Gasteiger partial charge is 0.339 e. The zero-order valence-electron chi connectivity index (χ0n) is 19.6. The van der Waals surface area contributed by atoms with Crippen LogP contribution in [0.2, 0.25) is 0 Å². The molecule has 0 bridgehead atoms. The van der Waals surface area contributed by atoms with Crippen molar-refractivity contribution in [2.45, 2.75) is 13.0 Å². The van der Waals surface area contributed by atoms with E-state index in [1.807, 2.05) is 60.4 Å². The van der Waals surface area contributed by atoms with E-state index in [0.717, 1.165) is 50.1 Å².